The maximum atomic E-state index is 10.2. The van der Waals surface area contributed by atoms with Crippen LogP contribution >= 0.6 is 0 Å². The molecular weight excluding hydrogens is 192 g/mol. The average molecular weight is 210 g/mol. The lowest BCUT2D eigenvalue weighted by atomic mass is 9.97. The van der Waals surface area contributed by atoms with E-state index in [0.29, 0.717) is 19.6 Å². The zero-order valence-corrected chi connectivity index (χ0v) is 9.36. The van der Waals surface area contributed by atoms with Crippen molar-refractivity contribution < 1.29 is 9.84 Å². The highest BCUT2D eigenvalue weighted by molar-refractivity contribution is 5.13. The lowest BCUT2D eigenvalue weighted by molar-refractivity contribution is 0.0255. The molecule has 1 aliphatic rings. The van der Waals surface area contributed by atoms with Gasteiger partial charge in [-0.3, -0.25) is 4.68 Å². The fourth-order valence-electron chi connectivity index (χ4n) is 1.98. The van der Waals surface area contributed by atoms with Gasteiger partial charge in [0, 0.05) is 32.2 Å². The van der Waals surface area contributed by atoms with Gasteiger partial charge in [0.1, 0.15) is 0 Å². The van der Waals surface area contributed by atoms with E-state index >= 15 is 0 Å². The van der Waals surface area contributed by atoms with Crippen LogP contribution in [0, 0.1) is 0 Å². The third-order valence-electron chi connectivity index (χ3n) is 2.98. The van der Waals surface area contributed by atoms with E-state index < -0.39 is 5.60 Å². The second-order valence-corrected chi connectivity index (χ2v) is 4.31. The third kappa shape index (κ3) is 2.21. The third-order valence-corrected chi connectivity index (χ3v) is 2.98. The second kappa shape index (κ2) is 3.94. The van der Waals surface area contributed by atoms with Crippen LogP contribution in [0.25, 0.3) is 0 Å². The Bertz CT molecular complexity index is 340. The van der Waals surface area contributed by atoms with Crippen molar-refractivity contribution >= 4 is 0 Å². The van der Waals surface area contributed by atoms with E-state index in [9.17, 15) is 5.11 Å². The minimum Gasteiger partial charge on any atom is -0.387 e. The first-order valence-electron chi connectivity index (χ1n) is 5.45. The highest BCUT2D eigenvalue weighted by atomic mass is 16.5. The average Bonchev–Trinajstić information content (AvgIpc) is 2.75. The highest BCUT2D eigenvalue weighted by Crippen LogP contribution is 2.23. The Morgan fingerprint density at radius 2 is 2.47 bits per heavy atom. The molecule has 1 unspecified atom stereocenters. The predicted octanol–water partition coefficient (Wildman–Crippen LogP) is 0.676. The predicted molar refractivity (Wildman–Crippen MR) is 56.7 cm³/mol. The molecule has 0 bridgehead atoms. The Kier molecular flexibility index (Phi) is 2.80. The van der Waals surface area contributed by atoms with E-state index in [0.717, 1.165) is 24.2 Å². The van der Waals surface area contributed by atoms with E-state index in [1.807, 2.05) is 11.7 Å². The van der Waals surface area contributed by atoms with Crippen molar-refractivity contribution in [3.63, 3.8) is 0 Å². The van der Waals surface area contributed by atoms with Gasteiger partial charge in [-0.25, -0.2) is 0 Å². The fraction of sp³-hybridized carbons (Fsp3) is 0.727. The fourth-order valence-corrected chi connectivity index (χ4v) is 1.98. The number of aryl methyl sites for hydroxylation is 2. The number of aromatic nitrogens is 2. The van der Waals surface area contributed by atoms with Gasteiger partial charge in [0.2, 0.25) is 0 Å². The maximum absolute atomic E-state index is 10.2. The Labute approximate surface area is 89.9 Å². The van der Waals surface area contributed by atoms with Crippen LogP contribution in [0.3, 0.4) is 0 Å². The molecule has 4 nitrogen and oxygen atoms in total. The van der Waals surface area contributed by atoms with E-state index in [-0.39, 0.29) is 0 Å². The molecule has 1 fully saturated rings. The maximum Gasteiger partial charge on any atom is 0.0956 e. The van der Waals surface area contributed by atoms with Crippen molar-refractivity contribution in [1.82, 2.24) is 9.78 Å². The quantitative estimate of drug-likeness (QED) is 0.798. The number of ether oxygens (including phenoxy) is 1. The van der Waals surface area contributed by atoms with Gasteiger partial charge < -0.3 is 9.84 Å². The number of hydrogen-bond acceptors (Lipinski definition) is 3. The highest BCUT2D eigenvalue weighted by Gasteiger charge is 2.33. The first kappa shape index (κ1) is 10.6. The lowest BCUT2D eigenvalue weighted by Crippen LogP contribution is -2.32. The van der Waals surface area contributed by atoms with Gasteiger partial charge >= 0.3 is 0 Å². The largest absolute Gasteiger partial charge is 0.387 e. The molecule has 1 aromatic heterocycles. The standard InChI is InChI=1S/C11H18N2O2/c1-3-9-6-10(13(2)12-9)7-11(14)4-5-15-8-11/h6,14H,3-5,7-8H2,1-2H3. The summed E-state index contributed by atoms with van der Waals surface area (Å²) in [6.45, 7) is 3.19. The number of hydrogen-bond donors (Lipinski definition) is 1. The van der Waals surface area contributed by atoms with Gasteiger partial charge in [-0.05, 0) is 12.5 Å². The molecule has 84 valence electrons. The minimum atomic E-state index is -0.682. The molecule has 0 spiro atoms. The van der Waals surface area contributed by atoms with Crippen molar-refractivity contribution in [2.45, 2.75) is 31.8 Å². The molecule has 0 saturated carbocycles. The molecule has 15 heavy (non-hydrogen) atoms. The summed E-state index contributed by atoms with van der Waals surface area (Å²) in [7, 11) is 1.92. The van der Waals surface area contributed by atoms with E-state index in [2.05, 4.69) is 18.1 Å². The summed E-state index contributed by atoms with van der Waals surface area (Å²) < 4.78 is 7.08. The van der Waals surface area contributed by atoms with Crippen LogP contribution in [-0.2, 0) is 24.6 Å². The summed E-state index contributed by atoms with van der Waals surface area (Å²) in [6.07, 6.45) is 2.29. The smallest absolute Gasteiger partial charge is 0.0956 e. The molecule has 2 heterocycles. The zero-order valence-electron chi connectivity index (χ0n) is 9.36. The molecule has 0 aliphatic carbocycles. The summed E-state index contributed by atoms with van der Waals surface area (Å²) >= 11 is 0. The van der Waals surface area contributed by atoms with E-state index in [1.54, 1.807) is 0 Å². The molecule has 1 atom stereocenters. The van der Waals surface area contributed by atoms with Gasteiger partial charge in [-0.1, -0.05) is 6.92 Å². The van der Waals surface area contributed by atoms with Gasteiger partial charge in [-0.15, -0.1) is 0 Å². The molecule has 1 aliphatic heterocycles. The van der Waals surface area contributed by atoms with Crippen LogP contribution in [0.5, 0.6) is 0 Å². The van der Waals surface area contributed by atoms with Gasteiger partial charge in [0.15, 0.2) is 0 Å². The van der Waals surface area contributed by atoms with Crippen LogP contribution < -0.4 is 0 Å². The van der Waals surface area contributed by atoms with Crippen molar-refractivity contribution in [1.29, 1.82) is 0 Å². The Morgan fingerprint density at radius 3 is 3.00 bits per heavy atom. The number of nitrogens with zero attached hydrogens (tertiary/aromatic N) is 2. The van der Waals surface area contributed by atoms with E-state index in [1.165, 1.54) is 0 Å². The Morgan fingerprint density at radius 1 is 1.67 bits per heavy atom. The molecule has 0 amide bonds. The first-order valence-corrected chi connectivity index (χ1v) is 5.45. The van der Waals surface area contributed by atoms with Gasteiger partial charge in [0.25, 0.3) is 0 Å². The molecule has 2 rings (SSSR count). The minimum absolute atomic E-state index is 0.444. The van der Waals surface area contributed by atoms with Crippen LogP contribution in [0.1, 0.15) is 24.7 Å². The van der Waals surface area contributed by atoms with Gasteiger partial charge in [-0.2, -0.15) is 5.10 Å². The summed E-state index contributed by atoms with van der Waals surface area (Å²) in [5.74, 6) is 0. The summed E-state index contributed by atoms with van der Waals surface area (Å²) in [5, 5.41) is 14.6. The van der Waals surface area contributed by atoms with E-state index in [4.69, 9.17) is 4.74 Å². The number of rotatable bonds is 3. The SMILES string of the molecule is CCc1cc(CC2(O)CCOC2)n(C)n1. The van der Waals surface area contributed by atoms with Gasteiger partial charge in [0.05, 0.1) is 17.9 Å². The first-order chi connectivity index (χ1) is 7.13. The van der Waals surface area contributed by atoms with Crippen molar-refractivity contribution in [2.75, 3.05) is 13.2 Å². The Balaban J connectivity index is 2.12. The van der Waals surface area contributed by atoms with Crippen LogP contribution in [-0.4, -0.2) is 33.7 Å². The lowest BCUT2D eigenvalue weighted by Gasteiger charge is -2.19. The summed E-state index contributed by atoms with van der Waals surface area (Å²) in [5.41, 5.74) is 1.48. The van der Waals surface area contributed by atoms with Crippen LogP contribution in [0.2, 0.25) is 0 Å². The monoisotopic (exact) mass is 210 g/mol. The summed E-state index contributed by atoms with van der Waals surface area (Å²) in [4.78, 5) is 0. The molecule has 1 aromatic rings. The molecule has 4 heteroatoms. The normalized spacial score (nSPS) is 26.1. The second-order valence-electron chi connectivity index (χ2n) is 4.31. The molecule has 0 aromatic carbocycles. The molecule has 0 radical (unpaired) electrons. The van der Waals surface area contributed by atoms with Crippen molar-refractivity contribution in [3.8, 4) is 0 Å². The zero-order chi connectivity index (χ0) is 10.9. The molecular formula is C11H18N2O2. The molecule has 1 N–H and O–H groups in total. The van der Waals surface area contributed by atoms with Crippen molar-refractivity contribution in [3.05, 3.63) is 17.5 Å². The summed E-state index contributed by atoms with van der Waals surface area (Å²) in [6, 6.07) is 2.07. The molecule has 1 saturated heterocycles. The Hall–Kier alpha value is -0.870. The van der Waals surface area contributed by atoms with Crippen molar-refractivity contribution in [2.24, 2.45) is 7.05 Å². The van der Waals surface area contributed by atoms with Crippen LogP contribution in [0.15, 0.2) is 6.07 Å². The van der Waals surface area contributed by atoms with Crippen LogP contribution in [0.4, 0.5) is 0 Å². The number of aliphatic hydroxyl groups is 1. The topological polar surface area (TPSA) is 47.3 Å².